The molecule has 4 nitrogen and oxygen atoms in total. The monoisotopic (exact) mass is 277 g/mol. The number of rotatable bonds is 6. The Kier molecular flexibility index (Phi) is 6.10. The Labute approximate surface area is 120 Å². The van der Waals surface area contributed by atoms with Crippen molar-refractivity contribution in [3.8, 4) is 5.75 Å². The summed E-state index contributed by atoms with van der Waals surface area (Å²) in [6.45, 7) is 9.79. The van der Waals surface area contributed by atoms with E-state index in [1.165, 1.54) is 6.08 Å². The van der Waals surface area contributed by atoms with E-state index in [1.807, 2.05) is 12.1 Å². The highest BCUT2D eigenvalue weighted by molar-refractivity contribution is 5.91. The maximum absolute atomic E-state index is 11.4. The lowest BCUT2D eigenvalue weighted by Gasteiger charge is -2.21. The first kappa shape index (κ1) is 16.1. The van der Waals surface area contributed by atoms with Crippen LogP contribution in [0.3, 0.4) is 0 Å². The number of benzene rings is 1. The summed E-state index contributed by atoms with van der Waals surface area (Å²) in [7, 11) is 0. The molecule has 0 bridgehead atoms. The summed E-state index contributed by atoms with van der Waals surface area (Å²) >= 11 is 0. The highest BCUT2D eigenvalue weighted by atomic mass is 16.5. The molecule has 110 valence electrons. The summed E-state index contributed by atoms with van der Waals surface area (Å²) in [5.41, 5.74) is 2.31. The second-order valence-electron chi connectivity index (χ2n) is 4.45. The number of anilines is 1. The zero-order valence-corrected chi connectivity index (χ0v) is 12.6. The number of hydrogen-bond acceptors (Lipinski definition) is 4. The van der Waals surface area contributed by atoms with Crippen molar-refractivity contribution in [1.82, 2.24) is 0 Å². The number of phenols is 1. The fourth-order valence-electron chi connectivity index (χ4n) is 2.08. The number of ether oxygens (including phenoxy) is 1. The second kappa shape index (κ2) is 7.58. The molecule has 0 unspecified atom stereocenters. The molecule has 0 radical (unpaired) electrons. The summed E-state index contributed by atoms with van der Waals surface area (Å²) in [5, 5.41) is 10.1. The average Bonchev–Trinajstić information content (AvgIpc) is 2.40. The van der Waals surface area contributed by atoms with E-state index in [9.17, 15) is 9.90 Å². The average molecular weight is 277 g/mol. The molecule has 1 N–H and O–H groups in total. The standard InChI is InChI=1S/C16H23NO3/c1-5-17(6-2)13-8-9-14(15(18)11-13)12(4)10-16(19)20-7-3/h8-11,18H,5-7H2,1-4H3/b12-10+. The van der Waals surface area contributed by atoms with Crippen LogP contribution in [-0.2, 0) is 9.53 Å². The van der Waals surface area contributed by atoms with Crippen LogP contribution in [0.25, 0.3) is 5.57 Å². The number of esters is 1. The Morgan fingerprint density at radius 1 is 1.30 bits per heavy atom. The van der Waals surface area contributed by atoms with Gasteiger partial charge in [0.25, 0.3) is 0 Å². The molecule has 1 rings (SSSR count). The number of carbonyl (C=O) groups is 1. The van der Waals surface area contributed by atoms with Crippen molar-refractivity contribution < 1.29 is 14.6 Å². The molecular formula is C16H23NO3. The van der Waals surface area contributed by atoms with Gasteiger partial charge in [0, 0.05) is 36.5 Å². The third kappa shape index (κ3) is 4.02. The van der Waals surface area contributed by atoms with E-state index >= 15 is 0 Å². The van der Waals surface area contributed by atoms with Crippen molar-refractivity contribution >= 4 is 17.2 Å². The Balaban J connectivity index is 3.01. The van der Waals surface area contributed by atoms with Crippen molar-refractivity contribution in [2.24, 2.45) is 0 Å². The van der Waals surface area contributed by atoms with Crippen molar-refractivity contribution in [3.63, 3.8) is 0 Å². The Hall–Kier alpha value is -1.97. The van der Waals surface area contributed by atoms with Gasteiger partial charge in [-0.3, -0.25) is 0 Å². The van der Waals surface area contributed by atoms with E-state index in [-0.39, 0.29) is 5.75 Å². The van der Waals surface area contributed by atoms with Crippen LogP contribution in [0.15, 0.2) is 24.3 Å². The van der Waals surface area contributed by atoms with Crippen LogP contribution in [-0.4, -0.2) is 30.8 Å². The minimum atomic E-state index is -0.391. The van der Waals surface area contributed by atoms with Gasteiger partial charge in [-0.05, 0) is 45.4 Å². The molecule has 0 amide bonds. The van der Waals surface area contributed by atoms with Crippen LogP contribution in [0, 0.1) is 0 Å². The predicted octanol–water partition coefficient (Wildman–Crippen LogP) is 3.20. The lowest BCUT2D eigenvalue weighted by atomic mass is 10.0. The van der Waals surface area contributed by atoms with Gasteiger partial charge in [-0.1, -0.05) is 0 Å². The Bertz CT molecular complexity index is 490. The first-order valence-electron chi connectivity index (χ1n) is 6.96. The maximum Gasteiger partial charge on any atom is 0.331 e. The van der Waals surface area contributed by atoms with Gasteiger partial charge in [0.2, 0.25) is 0 Å². The zero-order chi connectivity index (χ0) is 15.1. The molecule has 0 saturated carbocycles. The van der Waals surface area contributed by atoms with E-state index < -0.39 is 5.97 Å². The van der Waals surface area contributed by atoms with Gasteiger partial charge in [0.15, 0.2) is 0 Å². The summed E-state index contributed by atoms with van der Waals surface area (Å²) in [5.74, 6) is -0.218. The number of allylic oxidation sites excluding steroid dienone is 1. The maximum atomic E-state index is 11.4. The third-order valence-corrected chi connectivity index (χ3v) is 3.16. The molecule has 0 spiro atoms. The molecule has 0 aliphatic carbocycles. The molecule has 0 saturated heterocycles. The first-order valence-corrected chi connectivity index (χ1v) is 6.96. The van der Waals surface area contributed by atoms with Crippen molar-refractivity contribution in [2.45, 2.75) is 27.7 Å². The molecule has 1 aromatic carbocycles. The van der Waals surface area contributed by atoms with E-state index in [2.05, 4.69) is 18.7 Å². The van der Waals surface area contributed by atoms with Gasteiger partial charge in [-0.2, -0.15) is 0 Å². The van der Waals surface area contributed by atoms with E-state index in [0.29, 0.717) is 17.7 Å². The molecule has 0 aliphatic heterocycles. The smallest absolute Gasteiger partial charge is 0.331 e. The van der Waals surface area contributed by atoms with Crippen LogP contribution in [0.5, 0.6) is 5.75 Å². The molecular weight excluding hydrogens is 254 g/mol. The zero-order valence-electron chi connectivity index (χ0n) is 12.6. The van der Waals surface area contributed by atoms with Crippen molar-refractivity contribution in [2.75, 3.05) is 24.6 Å². The van der Waals surface area contributed by atoms with Crippen LogP contribution < -0.4 is 4.90 Å². The molecule has 4 heteroatoms. The Morgan fingerprint density at radius 2 is 1.95 bits per heavy atom. The lowest BCUT2D eigenvalue weighted by Crippen LogP contribution is -2.21. The van der Waals surface area contributed by atoms with Gasteiger partial charge in [-0.25, -0.2) is 4.79 Å². The predicted molar refractivity (Wildman–Crippen MR) is 82.0 cm³/mol. The largest absolute Gasteiger partial charge is 0.507 e. The van der Waals surface area contributed by atoms with E-state index in [0.717, 1.165) is 18.8 Å². The van der Waals surface area contributed by atoms with Gasteiger partial charge in [-0.15, -0.1) is 0 Å². The lowest BCUT2D eigenvalue weighted by molar-refractivity contribution is -0.137. The minimum absolute atomic E-state index is 0.174. The van der Waals surface area contributed by atoms with Crippen LogP contribution in [0.1, 0.15) is 33.3 Å². The van der Waals surface area contributed by atoms with Crippen LogP contribution in [0.2, 0.25) is 0 Å². The summed E-state index contributed by atoms with van der Waals surface area (Å²) in [6.07, 6.45) is 1.40. The summed E-state index contributed by atoms with van der Waals surface area (Å²) < 4.78 is 4.87. The van der Waals surface area contributed by atoms with Gasteiger partial charge in [0.1, 0.15) is 5.75 Å². The van der Waals surface area contributed by atoms with E-state index in [4.69, 9.17) is 4.74 Å². The fourth-order valence-corrected chi connectivity index (χ4v) is 2.08. The SMILES string of the molecule is CCOC(=O)/C=C(\C)c1ccc(N(CC)CC)cc1O. The number of hydrogen-bond donors (Lipinski definition) is 1. The highest BCUT2D eigenvalue weighted by Crippen LogP contribution is 2.29. The number of nitrogens with zero attached hydrogens (tertiary/aromatic N) is 1. The molecule has 0 heterocycles. The number of carbonyl (C=O) groups excluding carboxylic acids is 1. The topological polar surface area (TPSA) is 49.8 Å². The fraction of sp³-hybridized carbons (Fsp3) is 0.438. The summed E-state index contributed by atoms with van der Waals surface area (Å²) in [4.78, 5) is 13.6. The highest BCUT2D eigenvalue weighted by Gasteiger charge is 2.09. The normalized spacial score (nSPS) is 11.3. The number of phenolic OH excluding ortho intramolecular Hbond substituents is 1. The summed E-state index contributed by atoms with van der Waals surface area (Å²) in [6, 6.07) is 5.50. The molecule has 0 aromatic heterocycles. The molecule has 0 atom stereocenters. The minimum Gasteiger partial charge on any atom is -0.507 e. The third-order valence-electron chi connectivity index (χ3n) is 3.16. The van der Waals surface area contributed by atoms with Gasteiger partial charge < -0.3 is 14.7 Å². The molecule has 0 aliphatic rings. The Morgan fingerprint density at radius 3 is 2.45 bits per heavy atom. The molecule has 20 heavy (non-hydrogen) atoms. The quantitative estimate of drug-likeness (QED) is 0.641. The number of aromatic hydroxyl groups is 1. The van der Waals surface area contributed by atoms with Gasteiger partial charge >= 0.3 is 5.97 Å². The first-order chi connectivity index (χ1) is 9.53. The van der Waals surface area contributed by atoms with Gasteiger partial charge in [0.05, 0.1) is 6.61 Å². The second-order valence-corrected chi connectivity index (χ2v) is 4.45. The van der Waals surface area contributed by atoms with Crippen LogP contribution in [0.4, 0.5) is 5.69 Å². The van der Waals surface area contributed by atoms with E-state index in [1.54, 1.807) is 19.9 Å². The molecule has 0 fully saturated rings. The van der Waals surface area contributed by atoms with Crippen molar-refractivity contribution in [1.29, 1.82) is 0 Å². The van der Waals surface area contributed by atoms with Crippen LogP contribution >= 0.6 is 0 Å². The van der Waals surface area contributed by atoms with Crippen molar-refractivity contribution in [3.05, 3.63) is 29.8 Å². The molecule has 1 aromatic rings.